The lowest BCUT2D eigenvalue weighted by molar-refractivity contribution is -0.137. The number of hydrogen-bond donors (Lipinski definition) is 3. The van der Waals surface area contributed by atoms with Crippen molar-refractivity contribution in [2.24, 2.45) is 0 Å². The molecule has 166 valence electrons. The summed E-state index contributed by atoms with van der Waals surface area (Å²) in [5.41, 5.74) is -0.678. The van der Waals surface area contributed by atoms with Crippen LogP contribution in [0.15, 0.2) is 42.5 Å². The third-order valence-electron chi connectivity index (χ3n) is 4.12. The molecular weight excluding hydrogens is 458 g/mol. The van der Waals surface area contributed by atoms with E-state index in [4.69, 9.17) is 23.2 Å². The Labute approximate surface area is 186 Å². The monoisotopic (exact) mass is 475 g/mol. The van der Waals surface area contributed by atoms with Gasteiger partial charge in [0, 0.05) is 18.7 Å². The van der Waals surface area contributed by atoms with Crippen LogP contribution < -0.4 is 16.0 Å². The fourth-order valence-electron chi connectivity index (χ4n) is 2.45. The second kappa shape index (κ2) is 10.5. The fraction of sp³-hybridized carbons (Fsp3) is 0.250. The van der Waals surface area contributed by atoms with Crippen LogP contribution >= 0.6 is 23.2 Å². The van der Waals surface area contributed by atoms with Gasteiger partial charge in [-0.2, -0.15) is 13.2 Å². The molecule has 0 saturated heterocycles. The maximum Gasteiger partial charge on any atom is 0.416 e. The van der Waals surface area contributed by atoms with Crippen molar-refractivity contribution >= 4 is 40.9 Å². The number of hydrogen-bond acceptors (Lipinski definition) is 3. The molecule has 0 saturated carbocycles. The molecule has 2 aromatic carbocycles. The largest absolute Gasteiger partial charge is 0.416 e. The number of nitrogens with one attached hydrogen (secondary N) is 3. The average Bonchev–Trinajstić information content (AvgIpc) is 2.72. The molecule has 1 unspecified atom stereocenters. The Balaban J connectivity index is 1.77. The minimum atomic E-state index is -4.48. The Morgan fingerprint density at radius 3 is 2.16 bits per heavy atom. The Bertz CT molecular complexity index is 966. The van der Waals surface area contributed by atoms with Crippen molar-refractivity contribution in [3.05, 3.63) is 69.2 Å². The van der Waals surface area contributed by atoms with Gasteiger partial charge < -0.3 is 16.0 Å². The molecule has 11 heteroatoms. The number of carbonyl (C=O) groups excluding carboxylic acids is 3. The first-order chi connectivity index (χ1) is 14.5. The number of halogens is 5. The summed E-state index contributed by atoms with van der Waals surface area (Å²) in [6.45, 7) is 1.54. The molecule has 0 bridgehead atoms. The van der Waals surface area contributed by atoms with E-state index in [9.17, 15) is 27.6 Å². The molecule has 0 fully saturated rings. The molecule has 1 atom stereocenters. The van der Waals surface area contributed by atoms with Crippen molar-refractivity contribution in [2.45, 2.75) is 19.1 Å². The minimum absolute atomic E-state index is 0.0341. The van der Waals surface area contributed by atoms with Gasteiger partial charge in [0.1, 0.15) is 6.04 Å². The van der Waals surface area contributed by atoms with Crippen molar-refractivity contribution in [1.82, 2.24) is 16.0 Å². The Hall–Kier alpha value is -2.78. The highest BCUT2D eigenvalue weighted by Gasteiger charge is 2.30. The lowest BCUT2D eigenvalue weighted by atomic mass is 10.1. The van der Waals surface area contributed by atoms with E-state index in [-0.39, 0.29) is 34.3 Å². The summed E-state index contributed by atoms with van der Waals surface area (Å²) in [4.78, 5) is 36.3. The topological polar surface area (TPSA) is 87.3 Å². The molecule has 3 N–H and O–H groups in total. The molecule has 0 aliphatic rings. The molecular formula is C20H18Cl2F3N3O3. The van der Waals surface area contributed by atoms with Crippen LogP contribution in [0, 0.1) is 0 Å². The van der Waals surface area contributed by atoms with Gasteiger partial charge in [-0.15, -0.1) is 0 Å². The number of carbonyl (C=O) groups is 3. The van der Waals surface area contributed by atoms with Crippen LogP contribution in [0.2, 0.25) is 10.0 Å². The molecule has 0 heterocycles. The van der Waals surface area contributed by atoms with E-state index in [1.165, 1.54) is 19.1 Å². The summed E-state index contributed by atoms with van der Waals surface area (Å²) in [6.07, 6.45) is -4.48. The van der Waals surface area contributed by atoms with Gasteiger partial charge in [0.2, 0.25) is 5.91 Å². The van der Waals surface area contributed by atoms with Crippen LogP contribution in [0.1, 0.15) is 33.2 Å². The van der Waals surface area contributed by atoms with Crippen LogP contribution in [0.4, 0.5) is 13.2 Å². The molecule has 6 nitrogen and oxygen atoms in total. The van der Waals surface area contributed by atoms with Gasteiger partial charge in [0.25, 0.3) is 11.8 Å². The first kappa shape index (κ1) is 24.5. The molecule has 31 heavy (non-hydrogen) atoms. The predicted molar refractivity (Wildman–Crippen MR) is 110 cm³/mol. The summed E-state index contributed by atoms with van der Waals surface area (Å²) in [5, 5.41) is 7.76. The minimum Gasteiger partial charge on any atom is -0.353 e. The van der Waals surface area contributed by atoms with E-state index in [0.29, 0.717) is 0 Å². The van der Waals surface area contributed by atoms with E-state index < -0.39 is 35.5 Å². The van der Waals surface area contributed by atoms with Gasteiger partial charge in [-0.25, -0.2) is 0 Å². The van der Waals surface area contributed by atoms with E-state index in [1.807, 2.05) is 0 Å². The number of alkyl halides is 3. The molecule has 3 amide bonds. The van der Waals surface area contributed by atoms with Gasteiger partial charge in [0.15, 0.2) is 0 Å². The normalized spacial score (nSPS) is 12.1. The number of amides is 3. The Morgan fingerprint density at radius 1 is 0.935 bits per heavy atom. The highest BCUT2D eigenvalue weighted by atomic mass is 35.5. The van der Waals surface area contributed by atoms with Gasteiger partial charge in [0.05, 0.1) is 21.2 Å². The zero-order valence-corrected chi connectivity index (χ0v) is 17.7. The van der Waals surface area contributed by atoms with E-state index >= 15 is 0 Å². The third kappa shape index (κ3) is 6.86. The summed E-state index contributed by atoms with van der Waals surface area (Å²) in [7, 11) is 0. The molecule has 0 aliphatic carbocycles. The standard InChI is InChI=1S/C20H18Cl2F3N3O3/c1-11(28-19(31)14-3-2-4-15(21)16(14)22)17(29)26-9-10-27-18(30)12-5-7-13(8-6-12)20(23,24)25/h2-8,11H,9-10H2,1H3,(H,26,29)(H,27,30)(H,28,31). The zero-order valence-electron chi connectivity index (χ0n) is 16.1. The Morgan fingerprint density at radius 2 is 1.55 bits per heavy atom. The predicted octanol–water partition coefficient (Wildman–Crippen LogP) is 3.68. The summed E-state index contributed by atoms with van der Waals surface area (Å²) >= 11 is 11.8. The summed E-state index contributed by atoms with van der Waals surface area (Å²) in [5.74, 6) is -1.67. The number of benzene rings is 2. The SMILES string of the molecule is CC(NC(=O)c1cccc(Cl)c1Cl)C(=O)NCCNC(=O)c1ccc(C(F)(F)F)cc1. The first-order valence-electron chi connectivity index (χ1n) is 8.98. The van der Waals surface area contributed by atoms with Crippen molar-refractivity contribution in [1.29, 1.82) is 0 Å². The number of rotatable bonds is 7. The van der Waals surface area contributed by atoms with Gasteiger partial charge in [-0.1, -0.05) is 29.3 Å². The van der Waals surface area contributed by atoms with Crippen molar-refractivity contribution in [3.8, 4) is 0 Å². The molecule has 0 spiro atoms. The van der Waals surface area contributed by atoms with Crippen LogP contribution in [-0.4, -0.2) is 36.9 Å². The lowest BCUT2D eigenvalue weighted by Crippen LogP contribution is -2.46. The Kier molecular flexibility index (Phi) is 8.29. The molecule has 0 aromatic heterocycles. The quantitative estimate of drug-likeness (QED) is 0.533. The highest BCUT2D eigenvalue weighted by Crippen LogP contribution is 2.29. The van der Waals surface area contributed by atoms with Crippen LogP contribution in [0.5, 0.6) is 0 Å². The first-order valence-corrected chi connectivity index (χ1v) is 9.74. The van der Waals surface area contributed by atoms with Gasteiger partial charge in [-0.05, 0) is 43.3 Å². The van der Waals surface area contributed by atoms with Crippen molar-refractivity contribution in [2.75, 3.05) is 13.1 Å². The second-order valence-electron chi connectivity index (χ2n) is 6.42. The maximum atomic E-state index is 12.5. The average molecular weight is 476 g/mol. The second-order valence-corrected chi connectivity index (χ2v) is 7.20. The highest BCUT2D eigenvalue weighted by molar-refractivity contribution is 6.43. The lowest BCUT2D eigenvalue weighted by Gasteiger charge is -2.15. The smallest absolute Gasteiger partial charge is 0.353 e. The fourth-order valence-corrected chi connectivity index (χ4v) is 2.83. The molecule has 2 aromatic rings. The van der Waals surface area contributed by atoms with Crippen molar-refractivity contribution in [3.63, 3.8) is 0 Å². The summed E-state index contributed by atoms with van der Waals surface area (Å²) < 4.78 is 37.6. The summed E-state index contributed by atoms with van der Waals surface area (Å²) in [6, 6.07) is 7.40. The van der Waals surface area contributed by atoms with Crippen molar-refractivity contribution < 1.29 is 27.6 Å². The zero-order chi connectivity index (χ0) is 23.2. The van der Waals surface area contributed by atoms with E-state index in [1.54, 1.807) is 6.07 Å². The van der Waals surface area contributed by atoms with E-state index in [2.05, 4.69) is 16.0 Å². The van der Waals surface area contributed by atoms with Gasteiger partial charge in [-0.3, -0.25) is 14.4 Å². The van der Waals surface area contributed by atoms with Gasteiger partial charge >= 0.3 is 6.18 Å². The maximum absolute atomic E-state index is 12.5. The molecule has 2 rings (SSSR count). The van der Waals surface area contributed by atoms with Crippen LogP contribution in [0.25, 0.3) is 0 Å². The van der Waals surface area contributed by atoms with Crippen LogP contribution in [0.3, 0.4) is 0 Å². The van der Waals surface area contributed by atoms with Crippen LogP contribution in [-0.2, 0) is 11.0 Å². The molecule has 0 aliphatic heterocycles. The van der Waals surface area contributed by atoms with E-state index in [0.717, 1.165) is 24.3 Å². The molecule has 0 radical (unpaired) electrons. The third-order valence-corrected chi connectivity index (χ3v) is 4.94.